The van der Waals surface area contributed by atoms with E-state index in [1.807, 2.05) is 0 Å². The molecule has 7 N–H and O–H groups in total. The van der Waals surface area contributed by atoms with E-state index >= 15 is 0 Å². The maximum Gasteiger partial charge on any atom is 0.338 e. The number of aromatic nitrogens is 1. The highest BCUT2D eigenvalue weighted by molar-refractivity contribution is 7.91. The number of nitrogens with two attached hydrogens (primary N) is 2. The van der Waals surface area contributed by atoms with E-state index in [9.17, 15) is 37.1 Å². The first-order valence-corrected chi connectivity index (χ1v) is 12.6. The Morgan fingerprint density at radius 2 is 1.95 bits per heavy atom. The van der Waals surface area contributed by atoms with Crippen LogP contribution in [-0.2, 0) is 36.6 Å². The van der Waals surface area contributed by atoms with Gasteiger partial charge in [0.15, 0.2) is 5.96 Å². The van der Waals surface area contributed by atoms with Gasteiger partial charge in [-0.2, -0.15) is 0 Å². The highest BCUT2D eigenvalue weighted by Crippen LogP contribution is 2.17. The standard InChI is InChI=1S/C22H27FN6O8S/c1-37-21(34)15-7-6-14(23)10-13(15)12-38(35,36)28-16-5-3-9-29(19(16)31)11-18(30)27-17(20(32)33)4-2-8-26-22(24)25/h3,5-7,9-10,17,28H,2,4,8,11-12H2,1H3,(H,27,30)(H,32,33)(H4,24,25,26)/t17-/m0/s1. The van der Waals surface area contributed by atoms with Crippen molar-refractivity contribution in [1.29, 1.82) is 0 Å². The number of carboxylic acid groups (broad SMARTS) is 1. The number of hydrogen-bond acceptors (Lipinski definition) is 8. The lowest BCUT2D eigenvalue weighted by atomic mass is 10.1. The summed E-state index contributed by atoms with van der Waals surface area (Å²) in [7, 11) is -3.25. The molecule has 0 unspecified atom stereocenters. The molecule has 0 spiro atoms. The molecule has 1 aromatic heterocycles. The Bertz CT molecular complexity index is 1390. The second-order valence-electron chi connectivity index (χ2n) is 7.92. The molecule has 14 nitrogen and oxygen atoms in total. The van der Waals surface area contributed by atoms with Crippen LogP contribution in [0.4, 0.5) is 10.1 Å². The number of amides is 1. The molecular weight excluding hydrogens is 527 g/mol. The molecule has 0 saturated carbocycles. The molecule has 0 radical (unpaired) electrons. The molecule has 1 atom stereocenters. The number of ether oxygens (including phenoxy) is 1. The maximum absolute atomic E-state index is 13.7. The minimum absolute atomic E-state index is 0.0141. The monoisotopic (exact) mass is 554 g/mol. The Balaban J connectivity index is 2.15. The summed E-state index contributed by atoms with van der Waals surface area (Å²) in [5.41, 5.74) is 8.70. The normalized spacial score (nSPS) is 11.7. The van der Waals surface area contributed by atoms with Crippen LogP contribution in [-0.4, -0.2) is 61.6 Å². The number of esters is 1. The van der Waals surface area contributed by atoms with Gasteiger partial charge in [-0.15, -0.1) is 0 Å². The van der Waals surface area contributed by atoms with Crippen molar-refractivity contribution in [2.24, 2.45) is 16.5 Å². The summed E-state index contributed by atoms with van der Waals surface area (Å²) >= 11 is 0. The third kappa shape index (κ3) is 8.88. The molecule has 1 heterocycles. The van der Waals surface area contributed by atoms with Crippen LogP contribution >= 0.6 is 0 Å². The van der Waals surface area contributed by atoms with Crippen LogP contribution in [0.5, 0.6) is 0 Å². The minimum atomic E-state index is -4.33. The molecule has 1 amide bonds. The zero-order valence-corrected chi connectivity index (χ0v) is 21.0. The number of halogens is 1. The largest absolute Gasteiger partial charge is 0.480 e. The van der Waals surface area contributed by atoms with E-state index < -0.39 is 63.3 Å². The van der Waals surface area contributed by atoms with Crippen molar-refractivity contribution in [3.63, 3.8) is 0 Å². The van der Waals surface area contributed by atoms with E-state index in [0.717, 1.165) is 35.9 Å². The number of sulfonamides is 1. The highest BCUT2D eigenvalue weighted by Gasteiger charge is 2.22. The quantitative estimate of drug-likeness (QED) is 0.0909. The molecule has 0 bridgehead atoms. The van der Waals surface area contributed by atoms with Gasteiger partial charge in [-0.05, 0) is 48.7 Å². The van der Waals surface area contributed by atoms with Crippen molar-refractivity contribution in [2.45, 2.75) is 31.2 Å². The number of guanidine groups is 1. The van der Waals surface area contributed by atoms with E-state index in [1.165, 1.54) is 12.3 Å². The zero-order chi connectivity index (χ0) is 28.5. The average molecular weight is 555 g/mol. The topological polar surface area (TPSA) is 225 Å². The van der Waals surface area contributed by atoms with Crippen LogP contribution in [0.25, 0.3) is 0 Å². The lowest BCUT2D eigenvalue weighted by Gasteiger charge is -2.15. The van der Waals surface area contributed by atoms with Crippen molar-refractivity contribution >= 4 is 39.5 Å². The molecular formula is C22H27FN6O8S. The van der Waals surface area contributed by atoms with Crippen LogP contribution < -0.4 is 27.1 Å². The fourth-order valence-corrected chi connectivity index (χ4v) is 4.50. The lowest BCUT2D eigenvalue weighted by molar-refractivity contribution is -0.142. The number of nitrogens with zero attached hydrogens (tertiary/aromatic N) is 2. The predicted molar refractivity (Wildman–Crippen MR) is 134 cm³/mol. The van der Waals surface area contributed by atoms with Gasteiger partial charge in [0, 0.05) is 12.7 Å². The number of pyridine rings is 1. The molecule has 2 aromatic rings. The molecule has 0 saturated heterocycles. The number of rotatable bonds is 13. The van der Waals surface area contributed by atoms with Crippen LogP contribution in [0.3, 0.4) is 0 Å². The molecule has 16 heteroatoms. The zero-order valence-electron chi connectivity index (χ0n) is 20.2. The third-order valence-electron chi connectivity index (χ3n) is 5.00. The number of carboxylic acids is 1. The van der Waals surface area contributed by atoms with Crippen LogP contribution in [0.1, 0.15) is 28.8 Å². The number of hydrogen-bond donors (Lipinski definition) is 5. The Morgan fingerprint density at radius 3 is 2.58 bits per heavy atom. The highest BCUT2D eigenvalue weighted by atomic mass is 32.2. The van der Waals surface area contributed by atoms with Gasteiger partial charge in [-0.3, -0.25) is 19.3 Å². The van der Waals surface area contributed by atoms with E-state index in [-0.39, 0.29) is 36.5 Å². The Labute approximate surface area is 216 Å². The molecule has 1 aromatic carbocycles. The first kappa shape index (κ1) is 29.8. The van der Waals surface area contributed by atoms with Gasteiger partial charge in [0.05, 0.1) is 18.4 Å². The van der Waals surface area contributed by atoms with E-state index in [0.29, 0.717) is 0 Å². The second-order valence-corrected chi connectivity index (χ2v) is 9.64. The van der Waals surface area contributed by atoms with Crippen molar-refractivity contribution < 1.29 is 37.0 Å². The number of methoxy groups -OCH3 is 1. The van der Waals surface area contributed by atoms with Crippen molar-refractivity contribution in [2.75, 3.05) is 18.4 Å². The van der Waals surface area contributed by atoms with Crippen molar-refractivity contribution in [3.8, 4) is 0 Å². The van der Waals surface area contributed by atoms with Crippen molar-refractivity contribution in [1.82, 2.24) is 9.88 Å². The summed E-state index contributed by atoms with van der Waals surface area (Å²) in [6.07, 6.45) is 1.48. The molecule has 0 aliphatic rings. The predicted octanol–water partition coefficient (Wildman–Crippen LogP) is -0.661. The average Bonchev–Trinajstić information content (AvgIpc) is 2.82. The van der Waals surface area contributed by atoms with Gasteiger partial charge >= 0.3 is 11.9 Å². The van der Waals surface area contributed by atoms with Crippen LogP contribution in [0.15, 0.2) is 46.3 Å². The van der Waals surface area contributed by atoms with E-state index in [2.05, 4.69) is 19.8 Å². The number of nitrogens with one attached hydrogen (secondary N) is 2. The summed E-state index contributed by atoms with van der Waals surface area (Å²) < 4.78 is 46.6. The second kappa shape index (κ2) is 13.2. The van der Waals surface area contributed by atoms with Crippen LogP contribution in [0, 0.1) is 5.82 Å². The van der Waals surface area contributed by atoms with Gasteiger partial charge in [-0.1, -0.05) is 0 Å². The Kier molecular flexibility index (Phi) is 10.3. The van der Waals surface area contributed by atoms with Gasteiger partial charge in [0.1, 0.15) is 24.1 Å². The molecule has 38 heavy (non-hydrogen) atoms. The van der Waals surface area contributed by atoms with Gasteiger partial charge < -0.3 is 31.2 Å². The summed E-state index contributed by atoms with van der Waals surface area (Å²) in [6, 6.07) is 4.06. The molecule has 206 valence electrons. The number of carbonyl (C=O) groups excluding carboxylic acids is 2. The Hall–Kier alpha value is -4.47. The summed E-state index contributed by atoms with van der Waals surface area (Å²) in [4.78, 5) is 52.3. The van der Waals surface area contributed by atoms with Gasteiger partial charge in [0.2, 0.25) is 15.9 Å². The minimum Gasteiger partial charge on any atom is -0.480 e. The maximum atomic E-state index is 13.7. The number of carbonyl (C=O) groups is 3. The van der Waals surface area contributed by atoms with Crippen LogP contribution in [0.2, 0.25) is 0 Å². The summed E-state index contributed by atoms with van der Waals surface area (Å²) in [5, 5.41) is 11.6. The Morgan fingerprint density at radius 1 is 1.24 bits per heavy atom. The summed E-state index contributed by atoms with van der Waals surface area (Å²) in [6.45, 7) is -0.456. The number of aliphatic carboxylic acids is 1. The SMILES string of the molecule is COC(=O)c1ccc(F)cc1CS(=O)(=O)Nc1cccn(CC(=O)N[C@@H](CCCN=C(N)N)C(=O)O)c1=O. The molecule has 0 fully saturated rings. The van der Waals surface area contributed by atoms with E-state index in [4.69, 9.17) is 11.5 Å². The first-order chi connectivity index (χ1) is 17.8. The number of aliphatic imine (C=N–C) groups is 1. The first-order valence-electron chi connectivity index (χ1n) is 11.0. The lowest BCUT2D eigenvalue weighted by Crippen LogP contribution is -2.43. The fraction of sp³-hybridized carbons (Fsp3) is 0.318. The molecule has 0 aliphatic carbocycles. The van der Waals surface area contributed by atoms with E-state index in [1.54, 1.807) is 0 Å². The summed E-state index contributed by atoms with van der Waals surface area (Å²) in [5.74, 6) is -4.80. The van der Waals surface area contributed by atoms with Gasteiger partial charge in [-0.25, -0.2) is 22.4 Å². The molecule has 2 rings (SSSR count). The molecule has 0 aliphatic heterocycles. The third-order valence-corrected chi connectivity index (χ3v) is 6.22. The van der Waals surface area contributed by atoms with Gasteiger partial charge in [0.25, 0.3) is 5.56 Å². The fourth-order valence-electron chi connectivity index (χ4n) is 3.29. The smallest absolute Gasteiger partial charge is 0.338 e. The number of benzene rings is 1. The number of anilines is 1. The van der Waals surface area contributed by atoms with Crippen molar-refractivity contribution in [3.05, 3.63) is 63.8 Å².